The maximum atomic E-state index is 12.3. The van der Waals surface area contributed by atoms with E-state index in [1.165, 1.54) is 0 Å². The van der Waals surface area contributed by atoms with Crippen LogP contribution in [0.5, 0.6) is 0 Å². The SMILES string of the molecule is CCCCc1nc(Cl)c(C(=O)O)n1Cc1ccc(-c2ccccc2-c2nnn(C(=O)OCCCCON(O)O)n2)cc1. The highest BCUT2D eigenvalue weighted by molar-refractivity contribution is 6.32. The zero-order valence-electron chi connectivity index (χ0n) is 22.8. The van der Waals surface area contributed by atoms with Crippen LogP contribution in [0.25, 0.3) is 22.5 Å². The fraction of sp³-hybridized carbons (Fsp3) is 0.333. The van der Waals surface area contributed by atoms with Crippen molar-refractivity contribution in [1.29, 1.82) is 0 Å². The molecule has 0 saturated heterocycles. The van der Waals surface area contributed by atoms with Gasteiger partial charge >= 0.3 is 12.1 Å². The van der Waals surface area contributed by atoms with Gasteiger partial charge in [-0.15, -0.1) is 10.2 Å². The van der Waals surface area contributed by atoms with E-state index in [-0.39, 0.29) is 35.3 Å². The number of carboxylic acids is 1. The molecule has 222 valence electrons. The average Bonchev–Trinajstić information content (AvgIpc) is 3.58. The van der Waals surface area contributed by atoms with E-state index in [0.29, 0.717) is 37.2 Å². The van der Waals surface area contributed by atoms with E-state index in [4.69, 9.17) is 26.8 Å². The largest absolute Gasteiger partial charge is 0.476 e. The number of nitrogens with zero attached hydrogens (tertiary/aromatic N) is 7. The average molecular weight is 600 g/mol. The Morgan fingerprint density at radius 3 is 2.40 bits per heavy atom. The summed E-state index contributed by atoms with van der Waals surface area (Å²) in [6, 6.07) is 15.0. The van der Waals surface area contributed by atoms with Crippen LogP contribution in [0, 0.1) is 0 Å². The summed E-state index contributed by atoms with van der Waals surface area (Å²) in [5.41, 5.74) is 3.15. The first-order chi connectivity index (χ1) is 20.3. The van der Waals surface area contributed by atoms with E-state index < -0.39 is 12.1 Å². The first kappa shape index (κ1) is 30.7. The number of ether oxygens (including phenoxy) is 1. The number of aromatic carboxylic acids is 1. The summed E-state index contributed by atoms with van der Waals surface area (Å²) in [5.74, 6) is -0.266. The van der Waals surface area contributed by atoms with Gasteiger partial charge in [0.2, 0.25) is 5.82 Å². The van der Waals surface area contributed by atoms with Gasteiger partial charge in [0.15, 0.2) is 10.8 Å². The summed E-state index contributed by atoms with van der Waals surface area (Å²) >= 11 is 6.16. The summed E-state index contributed by atoms with van der Waals surface area (Å²) in [7, 11) is 0. The van der Waals surface area contributed by atoms with Crippen molar-refractivity contribution in [1.82, 2.24) is 35.1 Å². The topological polar surface area (TPSA) is 178 Å². The molecule has 2 aromatic carbocycles. The van der Waals surface area contributed by atoms with Gasteiger partial charge in [-0.1, -0.05) is 78.3 Å². The summed E-state index contributed by atoms with van der Waals surface area (Å²) in [5, 5.41) is 38.3. The van der Waals surface area contributed by atoms with Crippen LogP contribution in [0.15, 0.2) is 48.5 Å². The fourth-order valence-electron chi connectivity index (χ4n) is 4.24. The van der Waals surface area contributed by atoms with Crippen molar-refractivity contribution >= 4 is 23.7 Å². The lowest BCUT2D eigenvalue weighted by Crippen LogP contribution is -2.18. The number of hydrogen-bond donors (Lipinski definition) is 3. The quantitative estimate of drug-likeness (QED) is 0.134. The molecule has 4 rings (SSSR count). The lowest BCUT2D eigenvalue weighted by Gasteiger charge is -2.12. The van der Waals surface area contributed by atoms with Crippen molar-refractivity contribution in [3.63, 3.8) is 0 Å². The number of rotatable bonds is 14. The molecule has 0 radical (unpaired) electrons. The maximum Gasteiger partial charge on any atom is 0.453 e. The Morgan fingerprint density at radius 2 is 1.71 bits per heavy atom. The van der Waals surface area contributed by atoms with Gasteiger partial charge in [0, 0.05) is 18.5 Å². The third-order valence-electron chi connectivity index (χ3n) is 6.28. The van der Waals surface area contributed by atoms with Crippen LogP contribution in [0.4, 0.5) is 4.79 Å². The van der Waals surface area contributed by atoms with E-state index >= 15 is 0 Å². The molecule has 42 heavy (non-hydrogen) atoms. The summed E-state index contributed by atoms with van der Waals surface area (Å²) in [6.45, 7) is 2.44. The standard InChI is InChI=1S/C27H30ClN7O7/c1-2-3-10-22-29-24(28)23(26(36)37)33(22)17-18-11-13-19(14-12-18)20-8-4-5-9-21(20)25-30-32-34(31-25)27(38)41-15-6-7-16-42-35(39)40/h4-5,8-9,11-14,39-40H,2-3,6-7,10,15-17H2,1H3,(H,36,37). The normalized spacial score (nSPS) is 11.3. The molecule has 0 spiro atoms. The zero-order chi connectivity index (χ0) is 30.1. The lowest BCUT2D eigenvalue weighted by molar-refractivity contribution is -0.492. The second-order valence-electron chi connectivity index (χ2n) is 9.21. The Balaban J connectivity index is 1.47. The predicted octanol–water partition coefficient (Wildman–Crippen LogP) is 4.72. The highest BCUT2D eigenvalue weighted by Gasteiger charge is 2.22. The smallest absolute Gasteiger partial charge is 0.453 e. The molecule has 4 aromatic rings. The fourth-order valence-corrected chi connectivity index (χ4v) is 4.52. The number of hydrogen-bond acceptors (Lipinski definition) is 11. The van der Waals surface area contributed by atoms with Crippen LogP contribution in [0.1, 0.15) is 54.5 Å². The molecular weight excluding hydrogens is 570 g/mol. The molecule has 15 heteroatoms. The second-order valence-corrected chi connectivity index (χ2v) is 9.57. The summed E-state index contributed by atoms with van der Waals surface area (Å²) in [6.07, 6.45) is 2.47. The number of aromatic nitrogens is 6. The highest BCUT2D eigenvalue weighted by Crippen LogP contribution is 2.30. The van der Waals surface area contributed by atoms with Crippen LogP contribution in [0.3, 0.4) is 0 Å². The molecule has 2 aromatic heterocycles. The van der Waals surface area contributed by atoms with Crippen molar-refractivity contribution in [3.05, 3.63) is 70.8 Å². The summed E-state index contributed by atoms with van der Waals surface area (Å²) in [4.78, 5) is 33.7. The van der Waals surface area contributed by atoms with Gasteiger partial charge in [0.1, 0.15) is 5.82 Å². The van der Waals surface area contributed by atoms with Crippen molar-refractivity contribution < 1.29 is 34.7 Å². The zero-order valence-corrected chi connectivity index (χ0v) is 23.5. The van der Waals surface area contributed by atoms with E-state index in [0.717, 1.165) is 34.3 Å². The lowest BCUT2D eigenvalue weighted by atomic mass is 9.98. The predicted molar refractivity (Wildman–Crippen MR) is 148 cm³/mol. The number of carbonyl (C=O) groups excluding carboxylic acids is 1. The number of unbranched alkanes of at least 4 members (excludes halogenated alkanes) is 2. The van der Waals surface area contributed by atoms with Gasteiger partial charge in [-0.2, -0.15) is 0 Å². The molecule has 0 atom stereocenters. The Kier molecular flexibility index (Phi) is 10.7. The Labute approximate surface area is 245 Å². The van der Waals surface area contributed by atoms with E-state index in [9.17, 15) is 14.7 Å². The molecule has 0 bridgehead atoms. The number of carbonyl (C=O) groups is 2. The van der Waals surface area contributed by atoms with E-state index in [1.54, 1.807) is 4.57 Å². The Hall–Kier alpha value is -4.21. The number of tetrazole rings is 1. The minimum absolute atomic E-state index is 0.0182. The van der Waals surface area contributed by atoms with E-state index in [1.807, 2.05) is 48.5 Å². The van der Waals surface area contributed by atoms with Crippen LogP contribution in [0.2, 0.25) is 5.15 Å². The van der Waals surface area contributed by atoms with E-state index in [2.05, 4.69) is 32.2 Å². The Morgan fingerprint density at radius 1 is 1.00 bits per heavy atom. The monoisotopic (exact) mass is 599 g/mol. The Bertz CT molecular complexity index is 1500. The molecule has 0 aliphatic heterocycles. The molecule has 0 aliphatic carbocycles. The van der Waals surface area contributed by atoms with Gasteiger partial charge in [-0.05, 0) is 41.2 Å². The molecule has 0 fully saturated rings. The van der Waals surface area contributed by atoms with Gasteiger partial charge < -0.3 is 14.4 Å². The first-order valence-electron chi connectivity index (χ1n) is 13.2. The van der Waals surface area contributed by atoms with Crippen LogP contribution < -0.4 is 0 Å². The van der Waals surface area contributed by atoms with Crippen molar-refractivity contribution in [3.8, 4) is 22.5 Å². The van der Waals surface area contributed by atoms with Crippen molar-refractivity contribution in [2.75, 3.05) is 13.2 Å². The van der Waals surface area contributed by atoms with Crippen LogP contribution in [-0.2, 0) is 22.5 Å². The van der Waals surface area contributed by atoms with Crippen LogP contribution in [-0.4, -0.2) is 75.9 Å². The van der Waals surface area contributed by atoms with Crippen LogP contribution >= 0.6 is 11.6 Å². The number of halogens is 1. The third kappa shape index (κ3) is 7.74. The van der Waals surface area contributed by atoms with Gasteiger partial charge in [-0.3, -0.25) is 15.3 Å². The second kappa shape index (κ2) is 14.6. The third-order valence-corrected chi connectivity index (χ3v) is 6.55. The summed E-state index contributed by atoms with van der Waals surface area (Å²) < 4.78 is 6.78. The highest BCUT2D eigenvalue weighted by atomic mass is 35.5. The molecule has 2 heterocycles. The van der Waals surface area contributed by atoms with Crippen molar-refractivity contribution in [2.24, 2.45) is 0 Å². The number of imidazole rings is 1. The molecule has 0 saturated carbocycles. The maximum absolute atomic E-state index is 12.3. The molecule has 0 aliphatic rings. The minimum atomic E-state index is -1.13. The molecule has 0 amide bonds. The molecule has 3 N–H and O–H groups in total. The van der Waals surface area contributed by atoms with Gasteiger partial charge in [-0.25, -0.2) is 14.6 Å². The molecular formula is C27H30ClN7O7. The first-order valence-corrected chi connectivity index (χ1v) is 13.6. The van der Waals surface area contributed by atoms with Gasteiger partial charge in [0.05, 0.1) is 18.6 Å². The number of carboxylic acid groups (broad SMARTS) is 1. The number of aryl methyl sites for hydroxylation is 1. The molecule has 14 nitrogen and oxygen atoms in total. The van der Waals surface area contributed by atoms with Gasteiger partial charge in [0.25, 0.3) is 0 Å². The molecule has 0 unspecified atom stereocenters. The van der Waals surface area contributed by atoms with Crippen molar-refractivity contribution in [2.45, 2.75) is 45.6 Å². The number of benzene rings is 2. The minimum Gasteiger partial charge on any atom is -0.476 e.